The van der Waals surface area contributed by atoms with E-state index < -0.39 is 17.5 Å². The molecule has 1 unspecified atom stereocenters. The van der Waals surface area contributed by atoms with Gasteiger partial charge in [0.2, 0.25) is 0 Å². The first-order chi connectivity index (χ1) is 17.9. The molecule has 4 aromatic rings. The minimum atomic E-state index is -0.669. The van der Waals surface area contributed by atoms with Crippen LogP contribution in [0.4, 0.5) is 18.9 Å². The number of nitrogens with one attached hydrogen (secondary N) is 1. The fourth-order valence-electron chi connectivity index (χ4n) is 4.69. The van der Waals surface area contributed by atoms with Gasteiger partial charge in [0.1, 0.15) is 11.6 Å². The highest BCUT2D eigenvalue weighted by Gasteiger charge is 2.32. The summed E-state index contributed by atoms with van der Waals surface area (Å²) in [5.74, 6) is -1.42. The molecule has 1 N–H and O–H groups in total. The Balaban J connectivity index is 1.68. The van der Waals surface area contributed by atoms with E-state index in [4.69, 9.17) is 4.74 Å². The Morgan fingerprint density at radius 3 is 2.46 bits per heavy atom. The molecule has 0 saturated carbocycles. The van der Waals surface area contributed by atoms with Crippen molar-refractivity contribution in [3.63, 3.8) is 0 Å². The van der Waals surface area contributed by atoms with E-state index in [0.717, 1.165) is 5.69 Å². The number of fused-ring (bicyclic) bond motifs is 1. The van der Waals surface area contributed by atoms with E-state index in [0.29, 0.717) is 28.5 Å². The van der Waals surface area contributed by atoms with Crippen molar-refractivity contribution in [2.24, 2.45) is 0 Å². The second kappa shape index (κ2) is 10.3. The molecule has 0 aliphatic carbocycles. The molecule has 0 fully saturated rings. The zero-order valence-corrected chi connectivity index (χ0v) is 21.0. The lowest BCUT2D eigenvalue weighted by Gasteiger charge is -2.21. The van der Waals surface area contributed by atoms with Gasteiger partial charge < -0.3 is 10.1 Å². The van der Waals surface area contributed by atoms with Gasteiger partial charge in [-0.15, -0.1) is 11.8 Å². The summed E-state index contributed by atoms with van der Waals surface area (Å²) in [6.45, 7) is 2.13. The molecule has 0 radical (unpaired) electrons. The lowest BCUT2D eigenvalue weighted by atomic mass is 9.94. The van der Waals surface area contributed by atoms with Crippen molar-refractivity contribution >= 4 is 17.4 Å². The van der Waals surface area contributed by atoms with E-state index in [-0.39, 0.29) is 40.5 Å². The summed E-state index contributed by atoms with van der Waals surface area (Å²) >= 11 is 1.46. The van der Waals surface area contributed by atoms with Gasteiger partial charge in [0, 0.05) is 47.9 Å². The van der Waals surface area contributed by atoms with Crippen molar-refractivity contribution in [1.82, 2.24) is 9.55 Å². The Morgan fingerprint density at radius 2 is 1.76 bits per heavy atom. The summed E-state index contributed by atoms with van der Waals surface area (Å²) in [5.41, 5.74) is 1.72. The van der Waals surface area contributed by atoms with Gasteiger partial charge >= 0.3 is 0 Å². The van der Waals surface area contributed by atoms with Crippen LogP contribution in [0.2, 0.25) is 0 Å². The van der Waals surface area contributed by atoms with Gasteiger partial charge in [0.15, 0.2) is 11.6 Å². The number of thioether (sulfide) groups is 1. The van der Waals surface area contributed by atoms with E-state index >= 15 is 4.39 Å². The van der Waals surface area contributed by atoms with Crippen LogP contribution >= 0.6 is 11.8 Å². The van der Waals surface area contributed by atoms with Gasteiger partial charge in [-0.05, 0) is 48.4 Å². The van der Waals surface area contributed by atoms with Crippen LogP contribution in [-0.2, 0) is 6.42 Å². The minimum absolute atomic E-state index is 0.00813. The highest BCUT2D eigenvalue weighted by atomic mass is 32.2. The van der Waals surface area contributed by atoms with Crippen LogP contribution in [0.3, 0.4) is 0 Å². The highest BCUT2D eigenvalue weighted by Crippen LogP contribution is 2.40. The maximum atomic E-state index is 15.4. The molecule has 3 heterocycles. The minimum Gasteiger partial charge on any atom is -0.494 e. The van der Waals surface area contributed by atoms with Crippen LogP contribution in [0.5, 0.6) is 5.75 Å². The number of ether oxygens (including phenoxy) is 1. The zero-order valence-electron chi connectivity index (χ0n) is 20.2. The van der Waals surface area contributed by atoms with Crippen LogP contribution in [-0.4, -0.2) is 29.0 Å². The molecule has 0 amide bonds. The van der Waals surface area contributed by atoms with E-state index in [2.05, 4.69) is 10.3 Å². The van der Waals surface area contributed by atoms with Gasteiger partial charge in [-0.25, -0.2) is 13.2 Å². The van der Waals surface area contributed by atoms with Gasteiger partial charge in [-0.3, -0.25) is 14.3 Å². The Hall–Kier alpha value is -3.72. The zero-order chi connectivity index (χ0) is 26.1. The molecular weight excluding hydrogens is 499 g/mol. The number of aromatic nitrogens is 2. The van der Waals surface area contributed by atoms with Crippen molar-refractivity contribution in [2.75, 3.05) is 24.7 Å². The topological polar surface area (TPSA) is 56.1 Å². The second-order valence-corrected chi connectivity index (χ2v) is 9.75. The Bertz CT molecular complexity index is 1510. The molecule has 0 spiro atoms. The van der Waals surface area contributed by atoms with Crippen molar-refractivity contribution < 1.29 is 17.9 Å². The standard InChI is InChI=1S/C28H24F3N3O2S/c1-16-20(13-21-22(29)6-4-7-23(21)30)28-34(18(15-37-28)14-33-17-9-11-32-12-10-17)27(35)25(16)19-5-3-8-24(36-2)26(19)31/h3-12,18H,13-15H2,1-2H3,(H,32,33). The van der Waals surface area contributed by atoms with E-state index in [9.17, 15) is 13.6 Å². The first-order valence-corrected chi connectivity index (χ1v) is 12.7. The molecular formula is C28H24F3N3O2S. The third-order valence-corrected chi connectivity index (χ3v) is 7.87. The summed E-state index contributed by atoms with van der Waals surface area (Å²) in [6, 6.07) is 11.7. The average molecular weight is 524 g/mol. The predicted octanol–water partition coefficient (Wildman–Crippen LogP) is 5.99. The highest BCUT2D eigenvalue weighted by molar-refractivity contribution is 7.99. The first kappa shape index (κ1) is 25.0. The molecule has 2 aromatic carbocycles. The maximum absolute atomic E-state index is 15.4. The van der Waals surface area contributed by atoms with E-state index in [1.54, 1.807) is 30.0 Å². The normalized spacial score (nSPS) is 14.5. The van der Waals surface area contributed by atoms with Gasteiger partial charge in [-0.2, -0.15) is 0 Å². The molecule has 0 bridgehead atoms. The Kier molecular flexibility index (Phi) is 6.97. The molecule has 190 valence electrons. The third-order valence-electron chi connectivity index (χ3n) is 6.60. The van der Waals surface area contributed by atoms with Crippen LogP contribution in [0.25, 0.3) is 11.1 Å². The molecule has 2 aromatic heterocycles. The number of pyridine rings is 2. The lowest BCUT2D eigenvalue weighted by molar-refractivity contribution is 0.387. The number of rotatable bonds is 7. The molecule has 37 heavy (non-hydrogen) atoms. The maximum Gasteiger partial charge on any atom is 0.260 e. The fourth-order valence-corrected chi connectivity index (χ4v) is 6.08. The summed E-state index contributed by atoms with van der Waals surface area (Å²) in [6.07, 6.45) is 3.26. The van der Waals surface area contributed by atoms with Crippen molar-refractivity contribution in [2.45, 2.75) is 24.4 Å². The SMILES string of the molecule is COc1cccc(-c2c(C)c(Cc3c(F)cccc3F)c3n(c2=O)C(CNc2ccncc2)CS3)c1F. The predicted molar refractivity (Wildman–Crippen MR) is 139 cm³/mol. The third kappa shape index (κ3) is 4.59. The number of methoxy groups -OCH3 is 1. The van der Waals surface area contributed by atoms with Crippen molar-refractivity contribution in [1.29, 1.82) is 0 Å². The molecule has 1 atom stereocenters. The fraction of sp³-hybridized carbons (Fsp3) is 0.214. The van der Waals surface area contributed by atoms with Gasteiger partial charge in [0.05, 0.1) is 23.7 Å². The summed E-state index contributed by atoms with van der Waals surface area (Å²) in [7, 11) is 1.36. The van der Waals surface area contributed by atoms with Crippen LogP contribution in [0.15, 0.2) is 70.7 Å². The monoisotopic (exact) mass is 523 g/mol. The Morgan fingerprint density at radius 1 is 1.05 bits per heavy atom. The number of nitrogens with zero attached hydrogens (tertiary/aromatic N) is 2. The number of anilines is 1. The van der Waals surface area contributed by atoms with Crippen LogP contribution in [0, 0.1) is 24.4 Å². The van der Waals surface area contributed by atoms with E-state index in [1.807, 2.05) is 12.1 Å². The molecule has 5 rings (SSSR count). The second-order valence-electron chi connectivity index (χ2n) is 8.74. The quantitative estimate of drug-likeness (QED) is 0.322. The molecule has 1 aliphatic heterocycles. The molecule has 9 heteroatoms. The number of halogens is 3. The number of hydrogen-bond donors (Lipinski definition) is 1. The number of benzene rings is 2. The summed E-state index contributed by atoms with van der Waals surface area (Å²) in [5, 5.41) is 3.96. The van der Waals surface area contributed by atoms with Crippen molar-refractivity contribution in [3.8, 4) is 16.9 Å². The Labute approximate surface area is 216 Å². The lowest BCUT2D eigenvalue weighted by Crippen LogP contribution is -2.31. The van der Waals surface area contributed by atoms with Gasteiger partial charge in [0.25, 0.3) is 5.56 Å². The average Bonchev–Trinajstić information content (AvgIpc) is 3.32. The summed E-state index contributed by atoms with van der Waals surface area (Å²) < 4.78 is 51.5. The largest absolute Gasteiger partial charge is 0.494 e. The van der Waals surface area contributed by atoms with E-state index in [1.165, 1.54) is 49.2 Å². The van der Waals surface area contributed by atoms with Crippen LogP contribution in [0.1, 0.15) is 22.7 Å². The molecule has 1 aliphatic rings. The smallest absolute Gasteiger partial charge is 0.260 e. The molecule has 5 nitrogen and oxygen atoms in total. The van der Waals surface area contributed by atoms with Crippen LogP contribution < -0.4 is 15.6 Å². The molecule has 0 saturated heterocycles. The number of hydrogen-bond acceptors (Lipinski definition) is 5. The van der Waals surface area contributed by atoms with Gasteiger partial charge in [-0.1, -0.05) is 18.2 Å². The van der Waals surface area contributed by atoms with Crippen molar-refractivity contribution in [3.05, 3.63) is 105 Å². The first-order valence-electron chi connectivity index (χ1n) is 11.7. The summed E-state index contributed by atoms with van der Waals surface area (Å²) in [4.78, 5) is 18.0.